The molecule has 8 heteroatoms. The third-order valence-corrected chi connectivity index (χ3v) is 5.75. The summed E-state index contributed by atoms with van der Waals surface area (Å²) in [5.74, 6) is 2.13. The van der Waals surface area contributed by atoms with E-state index in [1.807, 2.05) is 42.5 Å². The van der Waals surface area contributed by atoms with E-state index >= 15 is 0 Å². The Bertz CT molecular complexity index is 1070. The van der Waals surface area contributed by atoms with Crippen molar-refractivity contribution < 1.29 is 19.3 Å². The summed E-state index contributed by atoms with van der Waals surface area (Å²) in [5.41, 5.74) is 1.74. The zero-order valence-corrected chi connectivity index (χ0v) is 18.0. The summed E-state index contributed by atoms with van der Waals surface area (Å²) in [6, 6.07) is 13.2. The van der Waals surface area contributed by atoms with Crippen LogP contribution in [0.1, 0.15) is 10.4 Å². The highest BCUT2D eigenvalue weighted by Gasteiger charge is 2.12. The lowest BCUT2D eigenvalue weighted by Crippen LogP contribution is -2.01. The van der Waals surface area contributed by atoms with Crippen molar-refractivity contribution in [2.45, 2.75) is 13.0 Å². The van der Waals surface area contributed by atoms with Crippen molar-refractivity contribution >= 4 is 35.5 Å². The van der Waals surface area contributed by atoms with Crippen LogP contribution in [0.4, 0.5) is 5.69 Å². The summed E-state index contributed by atoms with van der Waals surface area (Å²) in [7, 11) is 4.81. The second-order valence-electron chi connectivity index (χ2n) is 6.08. The van der Waals surface area contributed by atoms with Gasteiger partial charge in [-0.15, -0.1) is 0 Å². The lowest BCUT2D eigenvalue weighted by Gasteiger charge is -2.10. The van der Waals surface area contributed by atoms with Crippen LogP contribution in [0.2, 0.25) is 0 Å². The Kier molecular flexibility index (Phi) is 6.90. The number of para-hydroxylation sites is 2. The summed E-state index contributed by atoms with van der Waals surface area (Å²) < 4.78 is 18.2. The predicted octanol–water partition coefficient (Wildman–Crippen LogP) is 5.00. The lowest BCUT2D eigenvalue weighted by molar-refractivity contribution is 0.354. The first kappa shape index (κ1) is 20.9. The highest BCUT2D eigenvalue weighted by Crippen LogP contribution is 2.30. The molecule has 0 atom stereocenters. The first-order valence-electron chi connectivity index (χ1n) is 8.88. The van der Waals surface area contributed by atoms with Gasteiger partial charge in [0.15, 0.2) is 15.5 Å². The van der Waals surface area contributed by atoms with Crippen molar-refractivity contribution in [3.05, 3.63) is 56.9 Å². The van der Waals surface area contributed by atoms with E-state index in [2.05, 4.69) is 4.99 Å². The van der Waals surface area contributed by atoms with Crippen LogP contribution in [0.5, 0.6) is 23.1 Å². The monoisotopic (exact) mass is 430 g/mol. The summed E-state index contributed by atoms with van der Waals surface area (Å²) in [4.78, 5) is 5.04. The molecule has 0 aliphatic rings. The molecule has 1 N–H and O–H groups in total. The van der Waals surface area contributed by atoms with Crippen molar-refractivity contribution in [2.75, 3.05) is 21.3 Å². The quantitative estimate of drug-likeness (QED) is 0.402. The number of thiazole rings is 1. The van der Waals surface area contributed by atoms with Gasteiger partial charge in [-0.25, -0.2) is 0 Å². The fourth-order valence-electron chi connectivity index (χ4n) is 2.84. The van der Waals surface area contributed by atoms with E-state index in [0.29, 0.717) is 44.7 Å². The van der Waals surface area contributed by atoms with Crippen LogP contribution in [-0.2, 0) is 13.0 Å². The molecule has 0 bridgehead atoms. The smallest absolute Gasteiger partial charge is 0.212 e. The molecule has 0 aliphatic carbocycles. The van der Waals surface area contributed by atoms with Crippen LogP contribution in [-0.4, -0.2) is 37.2 Å². The molecule has 1 heterocycles. The number of hydrogen-bond acceptors (Lipinski definition) is 7. The molecule has 6 nitrogen and oxygen atoms in total. The van der Waals surface area contributed by atoms with Gasteiger partial charge in [0.2, 0.25) is 5.88 Å². The second-order valence-corrected chi connectivity index (χ2v) is 7.75. The van der Waals surface area contributed by atoms with Crippen molar-refractivity contribution in [1.29, 1.82) is 0 Å². The molecular formula is C21H22N2O4S2. The number of aliphatic imine (C=N–C) groups is 1. The Hall–Kier alpha value is -2.84. The van der Waals surface area contributed by atoms with Gasteiger partial charge >= 0.3 is 0 Å². The molecule has 3 aromatic rings. The normalized spacial score (nSPS) is 11.0. The van der Waals surface area contributed by atoms with E-state index in [9.17, 15) is 5.11 Å². The fraction of sp³-hybridized carbons (Fsp3) is 0.238. The number of hydrogen-bond donors (Lipinski definition) is 1. The summed E-state index contributed by atoms with van der Waals surface area (Å²) in [6.45, 7) is 0.541. The number of rotatable bonds is 8. The summed E-state index contributed by atoms with van der Waals surface area (Å²) in [5, 5.41) is 10.6. The minimum atomic E-state index is 0.110. The van der Waals surface area contributed by atoms with E-state index in [-0.39, 0.29) is 5.88 Å². The van der Waals surface area contributed by atoms with E-state index < -0.39 is 0 Å². The van der Waals surface area contributed by atoms with Crippen LogP contribution in [0.3, 0.4) is 0 Å². The van der Waals surface area contributed by atoms with Crippen LogP contribution >= 0.6 is 23.6 Å². The van der Waals surface area contributed by atoms with Crippen molar-refractivity contribution in [3.8, 4) is 23.1 Å². The number of aryl methyl sites for hydroxylation is 1. The average molecular weight is 431 g/mol. The minimum Gasteiger partial charge on any atom is -0.494 e. The van der Waals surface area contributed by atoms with Gasteiger partial charge in [-0.1, -0.05) is 29.5 Å². The number of methoxy groups -OCH3 is 3. The Labute approximate surface area is 178 Å². The predicted molar refractivity (Wildman–Crippen MR) is 118 cm³/mol. The molecule has 2 aromatic carbocycles. The molecule has 29 heavy (non-hydrogen) atoms. The highest BCUT2D eigenvalue weighted by atomic mass is 32.1. The number of nitrogens with zero attached hydrogens (tertiary/aromatic N) is 2. The number of aromatic hydroxyl groups is 1. The Morgan fingerprint density at radius 1 is 1.03 bits per heavy atom. The molecule has 3 rings (SSSR count). The first-order valence-corrected chi connectivity index (χ1v) is 10.1. The number of benzene rings is 2. The first-order chi connectivity index (χ1) is 14.1. The number of ether oxygens (including phenoxy) is 3. The molecule has 0 radical (unpaired) electrons. The zero-order chi connectivity index (χ0) is 20.8. The molecule has 0 spiro atoms. The van der Waals surface area contributed by atoms with Crippen LogP contribution < -0.4 is 14.2 Å². The highest BCUT2D eigenvalue weighted by molar-refractivity contribution is 7.73. The third kappa shape index (κ3) is 4.78. The van der Waals surface area contributed by atoms with Gasteiger partial charge in [0.25, 0.3) is 0 Å². The van der Waals surface area contributed by atoms with E-state index in [4.69, 9.17) is 26.4 Å². The van der Waals surface area contributed by atoms with Gasteiger partial charge in [0, 0.05) is 6.54 Å². The molecule has 0 amide bonds. The van der Waals surface area contributed by atoms with E-state index in [0.717, 1.165) is 5.56 Å². The number of aromatic nitrogens is 1. The standard InChI is InChI=1S/C21H22N2O4S2/c1-25-16-7-5-4-6-15(16)22-13-19-20(24)23(21(28)29-19)11-10-14-8-9-17(26-2)18(12-14)27-3/h4-9,12-13,24H,10-11H2,1-3H3. The Morgan fingerprint density at radius 3 is 2.48 bits per heavy atom. The molecular weight excluding hydrogens is 408 g/mol. The SMILES string of the molecule is COc1ccccc1N=Cc1sc(=S)n(CCc2ccc(OC)c(OC)c2)c1O. The van der Waals surface area contributed by atoms with Crippen LogP contribution in [0, 0.1) is 3.95 Å². The molecule has 0 unspecified atom stereocenters. The van der Waals surface area contributed by atoms with Crippen molar-refractivity contribution in [1.82, 2.24) is 4.57 Å². The van der Waals surface area contributed by atoms with Gasteiger partial charge in [-0.05, 0) is 48.5 Å². The van der Waals surface area contributed by atoms with Gasteiger partial charge in [-0.2, -0.15) is 0 Å². The summed E-state index contributed by atoms with van der Waals surface area (Å²) >= 11 is 6.75. The summed E-state index contributed by atoms with van der Waals surface area (Å²) in [6.07, 6.45) is 2.29. The largest absolute Gasteiger partial charge is 0.494 e. The minimum absolute atomic E-state index is 0.110. The van der Waals surface area contributed by atoms with Crippen molar-refractivity contribution in [2.24, 2.45) is 4.99 Å². The fourth-order valence-corrected chi connectivity index (χ4v) is 4.07. The maximum atomic E-state index is 10.6. The maximum Gasteiger partial charge on any atom is 0.212 e. The van der Waals surface area contributed by atoms with Gasteiger partial charge in [0.1, 0.15) is 16.3 Å². The average Bonchev–Trinajstić information content (AvgIpc) is 3.03. The molecule has 0 fully saturated rings. The molecule has 1 aromatic heterocycles. The molecule has 0 saturated carbocycles. The topological polar surface area (TPSA) is 65.2 Å². The zero-order valence-electron chi connectivity index (χ0n) is 16.4. The molecule has 0 aliphatic heterocycles. The third-order valence-electron chi connectivity index (χ3n) is 4.37. The van der Waals surface area contributed by atoms with Gasteiger partial charge in [0.05, 0.1) is 27.5 Å². The second kappa shape index (κ2) is 9.58. The van der Waals surface area contributed by atoms with Crippen molar-refractivity contribution in [3.63, 3.8) is 0 Å². The Morgan fingerprint density at radius 2 is 1.76 bits per heavy atom. The van der Waals surface area contributed by atoms with E-state index in [1.165, 1.54) is 11.3 Å². The lowest BCUT2D eigenvalue weighted by atomic mass is 10.1. The van der Waals surface area contributed by atoms with Gasteiger partial charge < -0.3 is 19.3 Å². The Balaban J connectivity index is 1.78. The van der Waals surface area contributed by atoms with Gasteiger partial charge in [-0.3, -0.25) is 9.56 Å². The van der Waals surface area contributed by atoms with Crippen LogP contribution in [0.15, 0.2) is 47.5 Å². The molecule has 0 saturated heterocycles. The maximum absolute atomic E-state index is 10.6. The van der Waals surface area contributed by atoms with E-state index in [1.54, 1.807) is 32.1 Å². The van der Waals surface area contributed by atoms with Crippen LogP contribution in [0.25, 0.3) is 0 Å². The molecule has 152 valence electrons.